The second kappa shape index (κ2) is 6.09. The quantitative estimate of drug-likeness (QED) is 0.636. The molecule has 0 spiro atoms. The van der Waals surface area contributed by atoms with Gasteiger partial charge in [-0.15, -0.1) is 0 Å². The molecule has 0 saturated carbocycles. The summed E-state index contributed by atoms with van der Waals surface area (Å²) in [5.74, 6) is -0.763. The van der Waals surface area contributed by atoms with E-state index in [1.807, 2.05) is 0 Å². The van der Waals surface area contributed by atoms with Gasteiger partial charge in [0.15, 0.2) is 0 Å². The first-order valence-corrected chi connectivity index (χ1v) is 7.88. The van der Waals surface area contributed by atoms with E-state index in [1.165, 1.54) is 12.1 Å². The number of benzene rings is 1. The van der Waals surface area contributed by atoms with E-state index in [4.69, 9.17) is 0 Å². The Labute approximate surface area is 111 Å². The van der Waals surface area contributed by atoms with Crippen molar-refractivity contribution in [3.63, 3.8) is 0 Å². The number of hydrogen-bond donors (Lipinski definition) is 1. The zero-order chi connectivity index (χ0) is 12.2. The lowest BCUT2D eigenvalue weighted by Crippen LogP contribution is -2.25. The Morgan fingerprint density at radius 3 is 2.62 bits per heavy atom. The van der Waals surface area contributed by atoms with Crippen molar-refractivity contribution in [1.29, 1.82) is 0 Å². The van der Waals surface area contributed by atoms with Gasteiger partial charge in [-0.3, -0.25) is 0 Å². The predicted octanol–water partition coefficient (Wildman–Crippen LogP) is 2.65. The number of nitrogens with one attached hydrogen (secondary N) is 1. The fourth-order valence-corrected chi connectivity index (χ4v) is 2.79. The summed E-state index contributed by atoms with van der Waals surface area (Å²) in [4.78, 5) is -0.328. The minimum Gasteiger partial charge on any atom is -0.211 e. The molecule has 0 atom stereocenters. The number of halogens is 3. The largest absolute Gasteiger partial charge is 0.243 e. The molecule has 1 aromatic rings. The molecule has 3 nitrogen and oxygen atoms in total. The van der Waals surface area contributed by atoms with E-state index >= 15 is 0 Å². The van der Waals surface area contributed by atoms with Gasteiger partial charge in [-0.25, -0.2) is 17.5 Å². The summed E-state index contributed by atoms with van der Waals surface area (Å²) in [5, 5.41) is 0.693. The molecule has 0 fully saturated rings. The van der Waals surface area contributed by atoms with Gasteiger partial charge in [-0.1, -0.05) is 31.9 Å². The van der Waals surface area contributed by atoms with Crippen molar-refractivity contribution < 1.29 is 12.8 Å². The topological polar surface area (TPSA) is 46.2 Å². The molecule has 90 valence electrons. The van der Waals surface area contributed by atoms with Crippen LogP contribution < -0.4 is 4.72 Å². The highest BCUT2D eigenvalue weighted by molar-refractivity contribution is 9.10. The molecule has 0 heterocycles. The molecule has 0 bridgehead atoms. The molecule has 7 heteroatoms. The third kappa shape index (κ3) is 3.80. The average Bonchev–Trinajstić information content (AvgIpc) is 2.17. The average molecular weight is 375 g/mol. The maximum absolute atomic E-state index is 13.4. The van der Waals surface area contributed by atoms with Gasteiger partial charge >= 0.3 is 0 Å². The molecule has 1 N–H and O–H groups in total. The van der Waals surface area contributed by atoms with Gasteiger partial charge in [0.1, 0.15) is 10.7 Å². The normalized spacial score (nSPS) is 11.7. The van der Waals surface area contributed by atoms with Gasteiger partial charge in [0.25, 0.3) is 0 Å². The minimum atomic E-state index is -3.75. The van der Waals surface area contributed by atoms with Crippen LogP contribution in [0.15, 0.2) is 27.6 Å². The Morgan fingerprint density at radius 2 is 2.06 bits per heavy atom. The number of sulfonamides is 1. The number of hydrogen-bond acceptors (Lipinski definition) is 2. The molecule has 0 amide bonds. The van der Waals surface area contributed by atoms with Gasteiger partial charge in [-0.2, -0.15) is 0 Å². The molecular weight excluding hydrogens is 365 g/mol. The van der Waals surface area contributed by atoms with Crippen LogP contribution in [-0.4, -0.2) is 20.3 Å². The summed E-state index contributed by atoms with van der Waals surface area (Å²) in [6.07, 6.45) is 0.650. The maximum atomic E-state index is 13.4. The first-order valence-electron chi connectivity index (χ1n) is 4.48. The molecule has 0 radical (unpaired) electrons. The highest BCUT2D eigenvalue weighted by Crippen LogP contribution is 2.19. The fourth-order valence-electron chi connectivity index (χ4n) is 1.04. The predicted molar refractivity (Wildman–Crippen MR) is 67.7 cm³/mol. The van der Waals surface area contributed by atoms with E-state index in [9.17, 15) is 12.8 Å². The summed E-state index contributed by atoms with van der Waals surface area (Å²) in [5.41, 5.74) is 0. The summed E-state index contributed by atoms with van der Waals surface area (Å²) < 4.78 is 39.5. The van der Waals surface area contributed by atoms with Crippen molar-refractivity contribution in [2.24, 2.45) is 0 Å². The first-order chi connectivity index (χ1) is 7.47. The molecule has 0 aliphatic heterocycles. The van der Waals surface area contributed by atoms with E-state index in [0.29, 0.717) is 16.2 Å². The second-order valence-electron chi connectivity index (χ2n) is 3.02. The third-order valence-corrected chi connectivity index (χ3v) is 4.33. The molecule has 0 aromatic heterocycles. The van der Waals surface area contributed by atoms with Gasteiger partial charge < -0.3 is 0 Å². The van der Waals surface area contributed by atoms with Gasteiger partial charge in [0.2, 0.25) is 10.0 Å². The third-order valence-electron chi connectivity index (χ3n) is 1.79. The highest BCUT2D eigenvalue weighted by atomic mass is 79.9. The Bertz CT molecular complexity index is 465. The highest BCUT2D eigenvalue weighted by Gasteiger charge is 2.18. The van der Waals surface area contributed by atoms with Crippen LogP contribution in [0.3, 0.4) is 0 Å². The van der Waals surface area contributed by atoms with Crippen molar-refractivity contribution in [1.82, 2.24) is 4.72 Å². The molecule has 0 aliphatic rings. The van der Waals surface area contributed by atoms with E-state index < -0.39 is 15.8 Å². The van der Waals surface area contributed by atoms with E-state index in [2.05, 4.69) is 36.6 Å². The van der Waals surface area contributed by atoms with Crippen LogP contribution in [0.2, 0.25) is 0 Å². The van der Waals surface area contributed by atoms with Crippen LogP contribution in [0.5, 0.6) is 0 Å². The Morgan fingerprint density at radius 1 is 1.38 bits per heavy atom. The monoisotopic (exact) mass is 373 g/mol. The molecule has 0 unspecified atom stereocenters. The van der Waals surface area contributed by atoms with Crippen LogP contribution in [-0.2, 0) is 10.0 Å². The second-order valence-corrected chi connectivity index (χ2v) is 6.46. The number of alkyl halides is 1. The fraction of sp³-hybridized carbons (Fsp3) is 0.333. The smallest absolute Gasteiger partial charge is 0.211 e. The molecule has 16 heavy (non-hydrogen) atoms. The van der Waals surface area contributed by atoms with Gasteiger partial charge in [0.05, 0.1) is 0 Å². The van der Waals surface area contributed by atoms with Crippen LogP contribution >= 0.6 is 31.9 Å². The zero-order valence-electron chi connectivity index (χ0n) is 8.21. The Hall–Kier alpha value is 0.0200. The van der Waals surface area contributed by atoms with E-state index in [1.54, 1.807) is 0 Å². The maximum Gasteiger partial charge on any atom is 0.243 e. The molecule has 1 aromatic carbocycles. The summed E-state index contributed by atoms with van der Waals surface area (Å²) >= 11 is 6.25. The summed E-state index contributed by atoms with van der Waals surface area (Å²) in [6, 6.07) is 3.84. The Kier molecular flexibility index (Phi) is 5.36. The first kappa shape index (κ1) is 14.1. The van der Waals surface area contributed by atoms with Crippen molar-refractivity contribution in [3.05, 3.63) is 28.5 Å². The van der Waals surface area contributed by atoms with Crippen LogP contribution in [0.4, 0.5) is 4.39 Å². The van der Waals surface area contributed by atoms with Crippen molar-refractivity contribution in [2.75, 3.05) is 11.9 Å². The number of rotatable bonds is 5. The van der Waals surface area contributed by atoms with Gasteiger partial charge in [0, 0.05) is 16.3 Å². The SMILES string of the molecule is O=S(=O)(NCCCBr)c1ccc(Br)cc1F. The van der Waals surface area contributed by atoms with Crippen LogP contribution in [0, 0.1) is 5.82 Å². The van der Waals surface area contributed by atoms with Crippen LogP contribution in [0.1, 0.15) is 6.42 Å². The summed E-state index contributed by atoms with van der Waals surface area (Å²) in [7, 11) is -3.75. The minimum absolute atomic E-state index is 0.281. The van der Waals surface area contributed by atoms with E-state index in [0.717, 1.165) is 6.07 Å². The van der Waals surface area contributed by atoms with Crippen molar-refractivity contribution >= 4 is 41.9 Å². The molecule has 1 rings (SSSR count). The standard InChI is InChI=1S/C9H10Br2FNO2S/c10-4-1-5-13-16(14,15)9-3-2-7(11)6-8(9)12/h2-3,6,13H,1,4-5H2. The molecular formula is C9H10Br2FNO2S. The molecule has 0 aliphatic carbocycles. The Balaban J connectivity index is 2.90. The molecule has 0 saturated heterocycles. The zero-order valence-corrected chi connectivity index (χ0v) is 12.2. The van der Waals surface area contributed by atoms with Gasteiger partial charge in [-0.05, 0) is 24.6 Å². The lowest BCUT2D eigenvalue weighted by Gasteiger charge is -2.06. The lowest BCUT2D eigenvalue weighted by molar-refractivity contribution is 0.556. The van der Waals surface area contributed by atoms with E-state index in [-0.39, 0.29) is 11.4 Å². The van der Waals surface area contributed by atoms with Crippen LogP contribution in [0.25, 0.3) is 0 Å². The van der Waals surface area contributed by atoms with Crippen molar-refractivity contribution in [3.8, 4) is 0 Å². The summed E-state index contributed by atoms with van der Waals surface area (Å²) in [6.45, 7) is 0.281. The van der Waals surface area contributed by atoms with Crippen molar-refractivity contribution in [2.45, 2.75) is 11.3 Å². The lowest BCUT2D eigenvalue weighted by atomic mass is 10.3.